The first-order valence-corrected chi connectivity index (χ1v) is 4.57. The van der Waals surface area contributed by atoms with Crippen molar-refractivity contribution < 1.29 is 0 Å². The van der Waals surface area contributed by atoms with Crippen molar-refractivity contribution in [3.63, 3.8) is 0 Å². The maximum Gasteiger partial charge on any atom is -0.0273 e. The van der Waals surface area contributed by atoms with Crippen LogP contribution in [0.2, 0.25) is 0 Å². The van der Waals surface area contributed by atoms with Gasteiger partial charge in [-0.15, -0.1) is 9.24 Å². The molecule has 0 rings (SSSR count). The lowest BCUT2D eigenvalue weighted by Crippen LogP contribution is -1.89. The van der Waals surface area contributed by atoms with E-state index in [1.165, 1.54) is 12.0 Å². The maximum atomic E-state index is 3.73. The van der Waals surface area contributed by atoms with E-state index < -0.39 is 0 Å². The van der Waals surface area contributed by atoms with Crippen molar-refractivity contribution in [1.82, 2.24) is 0 Å². The summed E-state index contributed by atoms with van der Waals surface area (Å²) in [6.45, 7) is 9.57. The van der Waals surface area contributed by atoms with Gasteiger partial charge in [0.1, 0.15) is 0 Å². The maximum absolute atomic E-state index is 3.73. The molecule has 0 saturated carbocycles. The summed E-state index contributed by atoms with van der Waals surface area (Å²) in [5, 5.41) is 0. The Bertz CT molecular complexity index is 154. The summed E-state index contributed by atoms with van der Waals surface area (Å²) in [5.74, 6) is 0. The van der Waals surface area contributed by atoms with Crippen molar-refractivity contribution in [2.24, 2.45) is 0 Å². The summed E-state index contributed by atoms with van der Waals surface area (Å²) < 4.78 is 0. The summed E-state index contributed by atoms with van der Waals surface area (Å²) >= 11 is 0. The average molecular weight is 168 g/mol. The van der Waals surface area contributed by atoms with Gasteiger partial charge in [0.2, 0.25) is 0 Å². The molecule has 0 fully saturated rings. The summed E-state index contributed by atoms with van der Waals surface area (Å²) in [5.41, 5.74) is 1.96. The Morgan fingerprint density at radius 3 is 2.55 bits per heavy atom. The van der Waals surface area contributed by atoms with E-state index in [2.05, 4.69) is 29.3 Å². The van der Waals surface area contributed by atoms with Gasteiger partial charge in [-0.25, -0.2) is 0 Å². The summed E-state index contributed by atoms with van der Waals surface area (Å²) in [7, 11) is 2.79. The van der Waals surface area contributed by atoms with Gasteiger partial charge in [0.25, 0.3) is 0 Å². The highest BCUT2D eigenvalue weighted by Gasteiger charge is 1.94. The number of hydrogen-bond donors (Lipinski definition) is 0. The van der Waals surface area contributed by atoms with E-state index in [1.54, 1.807) is 0 Å². The fourth-order valence-corrected chi connectivity index (χ4v) is 0.966. The second-order valence-corrected chi connectivity index (χ2v) is 3.84. The third kappa shape index (κ3) is 6.06. The monoisotopic (exact) mass is 168 g/mol. The fourth-order valence-electron chi connectivity index (χ4n) is 0.799. The molecule has 2 atom stereocenters. The van der Waals surface area contributed by atoms with E-state index in [9.17, 15) is 0 Å². The van der Waals surface area contributed by atoms with Crippen LogP contribution < -0.4 is 0 Å². The Morgan fingerprint density at radius 1 is 1.55 bits per heavy atom. The largest absolute Gasteiger partial charge is 0.135 e. The second-order valence-electron chi connectivity index (χ2n) is 2.70. The Hall–Kier alpha value is -0.350. The zero-order valence-corrected chi connectivity index (χ0v) is 8.37. The molecule has 0 aromatic rings. The highest BCUT2D eigenvalue weighted by atomic mass is 31.0. The molecule has 11 heavy (non-hydrogen) atoms. The third-order valence-corrected chi connectivity index (χ3v) is 1.82. The minimum Gasteiger partial charge on any atom is -0.135 e. The predicted molar refractivity (Wildman–Crippen MR) is 56.9 cm³/mol. The highest BCUT2D eigenvalue weighted by molar-refractivity contribution is 7.17. The molecule has 1 unspecified atom stereocenters. The lowest BCUT2D eigenvalue weighted by molar-refractivity contribution is 0.815. The molecular formula is C10H17P. The Balaban J connectivity index is 3.79. The van der Waals surface area contributed by atoms with Crippen molar-refractivity contribution in [1.29, 1.82) is 0 Å². The van der Waals surface area contributed by atoms with Crippen LogP contribution in [0.1, 0.15) is 19.8 Å². The minimum absolute atomic E-state index is 0.683. The molecule has 0 N–H and O–H groups in total. The summed E-state index contributed by atoms with van der Waals surface area (Å²) in [6, 6.07) is 0. The first-order chi connectivity index (χ1) is 5.20. The summed E-state index contributed by atoms with van der Waals surface area (Å²) in [6.07, 6.45) is 8.01. The molecule has 0 amide bonds. The normalized spacial score (nSPS) is 14.2. The molecule has 0 nitrogen and oxygen atoms in total. The van der Waals surface area contributed by atoms with E-state index in [0.29, 0.717) is 5.66 Å². The van der Waals surface area contributed by atoms with Crippen LogP contribution in [0.3, 0.4) is 0 Å². The molecule has 0 aromatic heterocycles. The van der Waals surface area contributed by atoms with Crippen LogP contribution in [0, 0.1) is 0 Å². The van der Waals surface area contributed by atoms with Crippen molar-refractivity contribution in [3.05, 3.63) is 37.0 Å². The second kappa shape index (κ2) is 6.37. The molecule has 0 radical (unpaired) electrons. The highest BCUT2D eigenvalue weighted by Crippen LogP contribution is 2.13. The van der Waals surface area contributed by atoms with Gasteiger partial charge in [-0.2, -0.15) is 0 Å². The molecular weight excluding hydrogens is 151 g/mol. The van der Waals surface area contributed by atoms with E-state index in [1.807, 2.05) is 18.2 Å². The average Bonchev–Trinajstić information content (AvgIpc) is 1.97. The van der Waals surface area contributed by atoms with Crippen LogP contribution in [0.4, 0.5) is 0 Å². The number of hydrogen-bond acceptors (Lipinski definition) is 0. The Labute approximate surface area is 72.3 Å². The van der Waals surface area contributed by atoms with Crippen LogP contribution in [0.15, 0.2) is 37.0 Å². The standard InChI is InChI=1S/C10H17P/c1-4-6-10(5-2)8-7-9(3)11/h4-6,9H,1-2,7-8,11H2,3H3/b10-6+/t9-/m1/s1. The first-order valence-electron chi connectivity index (χ1n) is 3.90. The lowest BCUT2D eigenvalue weighted by Gasteiger charge is -2.03. The molecule has 0 bridgehead atoms. The topological polar surface area (TPSA) is 0 Å². The molecule has 62 valence electrons. The van der Waals surface area contributed by atoms with Gasteiger partial charge in [0.15, 0.2) is 0 Å². The molecule has 0 aliphatic rings. The van der Waals surface area contributed by atoms with Gasteiger partial charge in [0, 0.05) is 0 Å². The fraction of sp³-hybridized carbons (Fsp3) is 0.400. The van der Waals surface area contributed by atoms with Gasteiger partial charge in [-0.1, -0.05) is 38.3 Å². The lowest BCUT2D eigenvalue weighted by atomic mass is 10.1. The molecule has 0 aliphatic heterocycles. The van der Waals surface area contributed by atoms with Crippen LogP contribution in [0.25, 0.3) is 0 Å². The third-order valence-electron chi connectivity index (χ3n) is 1.48. The van der Waals surface area contributed by atoms with Crippen LogP contribution in [-0.2, 0) is 0 Å². The number of rotatable bonds is 5. The molecule has 0 aromatic carbocycles. The van der Waals surface area contributed by atoms with E-state index in [-0.39, 0.29) is 0 Å². The zero-order valence-electron chi connectivity index (χ0n) is 7.22. The predicted octanol–water partition coefficient (Wildman–Crippen LogP) is 3.33. The molecule has 0 aliphatic carbocycles. The van der Waals surface area contributed by atoms with Gasteiger partial charge in [0.05, 0.1) is 0 Å². The minimum atomic E-state index is 0.683. The zero-order chi connectivity index (χ0) is 8.69. The molecule has 0 saturated heterocycles. The van der Waals surface area contributed by atoms with Crippen molar-refractivity contribution in [3.8, 4) is 0 Å². The van der Waals surface area contributed by atoms with Gasteiger partial charge < -0.3 is 0 Å². The van der Waals surface area contributed by atoms with E-state index in [4.69, 9.17) is 0 Å². The molecule has 1 heteroatoms. The molecule has 0 spiro atoms. The van der Waals surface area contributed by atoms with Crippen molar-refractivity contribution in [2.75, 3.05) is 0 Å². The van der Waals surface area contributed by atoms with Gasteiger partial charge in [-0.05, 0) is 24.1 Å². The SMILES string of the molecule is C=C/C=C(\C=C)CC[C@@H](C)P. The Kier molecular flexibility index (Phi) is 6.16. The smallest absolute Gasteiger partial charge is 0.0273 e. The van der Waals surface area contributed by atoms with E-state index in [0.717, 1.165) is 6.42 Å². The Morgan fingerprint density at radius 2 is 2.18 bits per heavy atom. The van der Waals surface area contributed by atoms with Crippen molar-refractivity contribution in [2.45, 2.75) is 25.4 Å². The first kappa shape index (κ1) is 10.7. The number of allylic oxidation sites excluding steroid dienone is 4. The summed E-state index contributed by atoms with van der Waals surface area (Å²) in [4.78, 5) is 0. The quantitative estimate of drug-likeness (QED) is 0.436. The van der Waals surface area contributed by atoms with Crippen LogP contribution >= 0.6 is 9.24 Å². The van der Waals surface area contributed by atoms with Gasteiger partial charge >= 0.3 is 0 Å². The van der Waals surface area contributed by atoms with Gasteiger partial charge in [-0.3, -0.25) is 0 Å². The molecule has 0 heterocycles. The van der Waals surface area contributed by atoms with Crippen LogP contribution in [-0.4, -0.2) is 5.66 Å². The van der Waals surface area contributed by atoms with Crippen molar-refractivity contribution >= 4 is 9.24 Å². The van der Waals surface area contributed by atoms with Crippen LogP contribution in [0.5, 0.6) is 0 Å². The van der Waals surface area contributed by atoms with E-state index >= 15 is 0 Å².